The summed E-state index contributed by atoms with van der Waals surface area (Å²) in [5, 5.41) is 0. The van der Waals surface area contributed by atoms with E-state index in [-0.39, 0.29) is 9.90 Å². The zero-order chi connectivity index (χ0) is 20.4. The van der Waals surface area contributed by atoms with E-state index in [1.54, 1.807) is 18.5 Å². The molecule has 1 unspecified atom stereocenters. The third-order valence-electron chi connectivity index (χ3n) is 5.48. The molecule has 0 amide bonds. The summed E-state index contributed by atoms with van der Waals surface area (Å²) in [5.41, 5.74) is 0. The molecule has 0 saturated heterocycles. The molecule has 172 valence electrons. The summed E-state index contributed by atoms with van der Waals surface area (Å²) in [7, 11) is 0.366. The van der Waals surface area contributed by atoms with Gasteiger partial charge in [-0.05, 0) is 37.7 Å². The summed E-state index contributed by atoms with van der Waals surface area (Å²) in [6.45, 7) is 13.0. The molecule has 1 atom stereocenters. The van der Waals surface area contributed by atoms with Crippen LogP contribution in [0.3, 0.4) is 0 Å². The van der Waals surface area contributed by atoms with Gasteiger partial charge >= 0.3 is 0 Å². The Hall–Kier alpha value is 0.600. The highest BCUT2D eigenvalue weighted by molar-refractivity contribution is 7.57. The Labute approximate surface area is 185 Å². The van der Waals surface area contributed by atoms with Crippen molar-refractivity contribution in [3.8, 4) is 0 Å². The maximum atomic E-state index is 3.00. The van der Waals surface area contributed by atoms with E-state index in [4.69, 9.17) is 0 Å². The van der Waals surface area contributed by atoms with Gasteiger partial charge in [-0.2, -0.15) is 9.90 Å². The molecule has 0 aliphatic rings. The Morgan fingerprint density at radius 2 is 0.607 bits per heavy atom. The Morgan fingerprint density at radius 1 is 0.393 bits per heavy atom. The molecule has 0 saturated carbocycles. The van der Waals surface area contributed by atoms with Crippen LogP contribution in [0.25, 0.3) is 0 Å². The van der Waals surface area contributed by atoms with Crippen molar-refractivity contribution in [2.45, 2.75) is 136 Å². The fourth-order valence-electron chi connectivity index (χ4n) is 3.68. The van der Waals surface area contributed by atoms with Crippen molar-refractivity contribution >= 4 is 17.8 Å². The minimum atomic E-state index is 0. The van der Waals surface area contributed by atoms with Crippen LogP contribution in [0.5, 0.6) is 0 Å². The van der Waals surface area contributed by atoms with Gasteiger partial charge in [-0.3, -0.25) is 0 Å². The van der Waals surface area contributed by atoms with Gasteiger partial charge in [0.15, 0.2) is 0 Å². The Balaban J connectivity index is -0.00000201. The Bertz CT molecular complexity index is 205. The third kappa shape index (κ3) is 28.8. The first-order valence-corrected chi connectivity index (χ1v) is 14.5. The van der Waals surface area contributed by atoms with Crippen LogP contribution in [0, 0.1) is 0 Å². The second-order valence-corrected chi connectivity index (χ2v) is 10.8. The Kier molecular flexibility index (Phi) is 38.3. The summed E-state index contributed by atoms with van der Waals surface area (Å²) in [5.74, 6) is 0. The molecule has 0 bridgehead atoms. The fraction of sp³-hybridized carbons (Fsp3) is 0.923. The normalized spacial score (nSPS) is 10.4. The largest absolute Gasteiger partial charge is 0.153 e. The second kappa shape index (κ2) is 32.3. The molecule has 0 heterocycles. The van der Waals surface area contributed by atoms with Gasteiger partial charge in [0.25, 0.3) is 0 Å². The standard InChI is InChI=1S/C24H51P.C2H4.H3P/c1-4-7-10-13-16-19-22-25(23-20-17-14-11-8-5-2)24-21-18-15-12-9-6-3;1-2;/h4-24H2,1-3H3;1-2H2;1H3. The third-order valence-corrected chi connectivity index (χ3v) is 8.33. The average Bonchev–Trinajstić information content (AvgIpc) is 2.70. The van der Waals surface area contributed by atoms with Crippen molar-refractivity contribution in [2.75, 3.05) is 18.5 Å². The predicted octanol–water partition coefficient (Wildman–Crippen LogP) is 10.4. The van der Waals surface area contributed by atoms with Crippen LogP contribution in [0.4, 0.5) is 0 Å². The molecule has 0 nitrogen and oxygen atoms in total. The fourth-order valence-corrected chi connectivity index (χ4v) is 6.37. The lowest BCUT2D eigenvalue weighted by atomic mass is 10.1. The molecular formula is C26H58P2. The van der Waals surface area contributed by atoms with Crippen LogP contribution in [0.15, 0.2) is 13.2 Å². The molecule has 0 radical (unpaired) electrons. The van der Waals surface area contributed by atoms with Gasteiger partial charge in [0.05, 0.1) is 0 Å². The van der Waals surface area contributed by atoms with Gasteiger partial charge in [-0.25, -0.2) is 0 Å². The minimum absolute atomic E-state index is 0. The zero-order valence-corrected chi connectivity index (χ0v) is 22.7. The molecule has 0 rings (SSSR count). The SMILES string of the molecule is C=C.CCCCCCCCP(CCCCCCCC)CCCCCCCC.P. The molecule has 0 N–H and O–H groups in total. The molecule has 0 spiro atoms. The van der Waals surface area contributed by atoms with Crippen LogP contribution in [-0.2, 0) is 0 Å². The summed E-state index contributed by atoms with van der Waals surface area (Å²) < 4.78 is 0. The number of hydrogen-bond acceptors (Lipinski definition) is 0. The highest BCUT2D eigenvalue weighted by Crippen LogP contribution is 2.39. The van der Waals surface area contributed by atoms with Gasteiger partial charge in [0.1, 0.15) is 0 Å². The highest BCUT2D eigenvalue weighted by Gasteiger charge is 2.07. The Morgan fingerprint density at radius 3 is 0.857 bits per heavy atom. The lowest BCUT2D eigenvalue weighted by Crippen LogP contribution is -1.97. The maximum absolute atomic E-state index is 3.00. The molecule has 0 aromatic rings. The lowest BCUT2D eigenvalue weighted by Gasteiger charge is -2.18. The molecule has 0 aliphatic heterocycles. The van der Waals surface area contributed by atoms with Crippen molar-refractivity contribution in [3.63, 3.8) is 0 Å². The van der Waals surface area contributed by atoms with E-state index in [0.29, 0.717) is 7.92 Å². The molecule has 28 heavy (non-hydrogen) atoms. The van der Waals surface area contributed by atoms with Crippen molar-refractivity contribution in [2.24, 2.45) is 0 Å². The van der Waals surface area contributed by atoms with Crippen LogP contribution in [-0.4, -0.2) is 18.5 Å². The predicted molar refractivity (Wildman–Crippen MR) is 144 cm³/mol. The lowest BCUT2D eigenvalue weighted by molar-refractivity contribution is 0.617. The number of rotatable bonds is 21. The first-order chi connectivity index (χ1) is 13.3. The quantitative estimate of drug-likeness (QED) is 0.0961. The molecule has 0 aromatic carbocycles. The van der Waals surface area contributed by atoms with E-state index < -0.39 is 0 Å². The first kappa shape index (κ1) is 33.2. The zero-order valence-electron chi connectivity index (χ0n) is 20.4. The summed E-state index contributed by atoms with van der Waals surface area (Å²) in [6.07, 6.45) is 31.2. The smallest absolute Gasteiger partial charge is 0.0326 e. The highest BCUT2D eigenvalue weighted by atomic mass is 31.1. The van der Waals surface area contributed by atoms with E-state index in [1.807, 2.05) is 0 Å². The van der Waals surface area contributed by atoms with E-state index in [0.717, 1.165) is 0 Å². The molecular weight excluding hydrogens is 374 g/mol. The van der Waals surface area contributed by atoms with Crippen molar-refractivity contribution in [3.05, 3.63) is 13.2 Å². The van der Waals surface area contributed by atoms with E-state index in [1.165, 1.54) is 116 Å². The summed E-state index contributed by atoms with van der Waals surface area (Å²) in [4.78, 5) is 0. The van der Waals surface area contributed by atoms with E-state index >= 15 is 0 Å². The molecule has 2 heteroatoms. The van der Waals surface area contributed by atoms with Crippen molar-refractivity contribution in [1.29, 1.82) is 0 Å². The van der Waals surface area contributed by atoms with E-state index in [2.05, 4.69) is 33.9 Å². The number of hydrogen-bond donors (Lipinski definition) is 0. The number of unbranched alkanes of at least 4 members (excludes halogenated alkanes) is 15. The summed E-state index contributed by atoms with van der Waals surface area (Å²) >= 11 is 0. The molecule has 0 fully saturated rings. The van der Waals surface area contributed by atoms with Gasteiger partial charge < -0.3 is 0 Å². The second-order valence-electron chi connectivity index (χ2n) is 8.14. The van der Waals surface area contributed by atoms with Gasteiger partial charge in [0.2, 0.25) is 0 Å². The van der Waals surface area contributed by atoms with Crippen LogP contribution in [0.2, 0.25) is 0 Å². The van der Waals surface area contributed by atoms with Crippen LogP contribution >= 0.6 is 17.8 Å². The molecule has 0 aliphatic carbocycles. The van der Waals surface area contributed by atoms with Crippen LogP contribution in [0.1, 0.15) is 136 Å². The van der Waals surface area contributed by atoms with E-state index in [9.17, 15) is 0 Å². The van der Waals surface area contributed by atoms with Gasteiger partial charge in [-0.1, -0.05) is 117 Å². The first-order valence-electron chi connectivity index (χ1n) is 12.6. The minimum Gasteiger partial charge on any atom is -0.153 e. The van der Waals surface area contributed by atoms with Gasteiger partial charge in [-0.15, -0.1) is 21.1 Å². The van der Waals surface area contributed by atoms with Crippen LogP contribution < -0.4 is 0 Å². The van der Waals surface area contributed by atoms with Gasteiger partial charge in [0, 0.05) is 0 Å². The average molecular weight is 433 g/mol. The maximum Gasteiger partial charge on any atom is -0.0326 e. The summed E-state index contributed by atoms with van der Waals surface area (Å²) in [6, 6.07) is 0. The van der Waals surface area contributed by atoms with Crippen molar-refractivity contribution in [1.82, 2.24) is 0 Å². The van der Waals surface area contributed by atoms with Crippen molar-refractivity contribution < 1.29 is 0 Å². The monoisotopic (exact) mass is 432 g/mol. The topological polar surface area (TPSA) is 0 Å². The molecule has 0 aromatic heterocycles.